The molecule has 0 aromatic heterocycles. The molecule has 0 aliphatic heterocycles. The van der Waals surface area contributed by atoms with Crippen LogP contribution in [-0.4, -0.2) is 52.6 Å². The number of ether oxygens (including phenoxy) is 2. The van der Waals surface area contributed by atoms with Gasteiger partial charge in [-0.25, -0.2) is 9.59 Å². The molecule has 52 heavy (non-hydrogen) atoms. The van der Waals surface area contributed by atoms with Crippen molar-refractivity contribution in [3.8, 4) is 5.75 Å². The zero-order valence-corrected chi connectivity index (χ0v) is 29.5. The normalized spacial score (nSPS) is 12.1. The minimum Gasteiger partial charge on any atom is -0.508 e. The van der Waals surface area contributed by atoms with Gasteiger partial charge in [0.15, 0.2) is 0 Å². The number of carbonyl (C=O) groups excluding carboxylic acids is 4. The number of carbonyl (C=O) groups is 4. The predicted molar refractivity (Wildman–Crippen MR) is 197 cm³/mol. The number of benzene rings is 4. The second-order valence-corrected chi connectivity index (χ2v) is 13.1. The highest BCUT2D eigenvalue weighted by Crippen LogP contribution is 2.14. The maximum Gasteiger partial charge on any atom is 0.413 e. The molecule has 272 valence electrons. The Morgan fingerprint density at radius 3 is 1.90 bits per heavy atom. The second-order valence-electron chi connectivity index (χ2n) is 13.1. The summed E-state index contributed by atoms with van der Waals surface area (Å²) in [5.41, 5.74) is 2.85. The Hall–Kier alpha value is -6.17. The van der Waals surface area contributed by atoms with Crippen molar-refractivity contribution in [1.29, 1.82) is 5.41 Å². The van der Waals surface area contributed by atoms with E-state index in [1.807, 2.05) is 60.7 Å². The van der Waals surface area contributed by atoms with Crippen molar-refractivity contribution >= 4 is 29.8 Å². The zero-order valence-electron chi connectivity index (χ0n) is 29.5. The Morgan fingerprint density at radius 2 is 1.29 bits per heavy atom. The molecule has 0 saturated carbocycles. The highest BCUT2D eigenvalue weighted by Gasteiger charge is 2.28. The monoisotopic (exact) mass is 707 g/mol. The van der Waals surface area contributed by atoms with Crippen LogP contribution >= 0.6 is 0 Å². The van der Waals surface area contributed by atoms with E-state index in [0.717, 1.165) is 11.1 Å². The van der Waals surface area contributed by atoms with Gasteiger partial charge in [0.2, 0.25) is 11.8 Å². The molecule has 4 aromatic carbocycles. The molecule has 0 unspecified atom stereocenters. The molecule has 6 N–H and O–H groups in total. The van der Waals surface area contributed by atoms with Crippen LogP contribution in [0.2, 0.25) is 0 Å². The lowest BCUT2D eigenvalue weighted by Crippen LogP contribution is -2.55. The number of rotatable bonds is 14. The molecule has 0 fully saturated rings. The third kappa shape index (κ3) is 13.3. The van der Waals surface area contributed by atoms with Crippen LogP contribution < -0.4 is 21.3 Å². The molecular weight excluding hydrogens is 662 g/mol. The van der Waals surface area contributed by atoms with Gasteiger partial charge in [-0.2, -0.15) is 0 Å². The first kappa shape index (κ1) is 38.6. The van der Waals surface area contributed by atoms with Gasteiger partial charge in [-0.05, 0) is 68.0 Å². The van der Waals surface area contributed by atoms with E-state index >= 15 is 0 Å². The minimum absolute atomic E-state index is 0.0622. The van der Waals surface area contributed by atoms with Gasteiger partial charge in [0.1, 0.15) is 35.9 Å². The van der Waals surface area contributed by atoms with Crippen molar-refractivity contribution in [2.75, 3.05) is 0 Å². The maximum atomic E-state index is 13.7. The fraction of sp³-hybridized carbons (Fsp3) is 0.275. The Labute approximate surface area is 303 Å². The standard InChI is InChI=1S/C40H45N5O7/c1-40(2,3)52-39(50)44-33(23-18-27-10-6-4-7-11-27)37(48)43-34(24-28-16-21-32(46)22-17-28)36(47)42-25-29-14-19-31(20-15-29)35(41)45-38(49)51-26-30-12-8-5-9-13-30/h4-17,19-22,33-34,46H,18,23-26H2,1-3H3,(H,42,47)(H,43,48)(H,44,50)(H2,41,45,49)/t33-,34+/m1/s1. The number of aromatic hydroxyl groups is 1. The van der Waals surface area contributed by atoms with Gasteiger partial charge in [-0.15, -0.1) is 0 Å². The lowest BCUT2D eigenvalue weighted by molar-refractivity contribution is -0.130. The highest BCUT2D eigenvalue weighted by atomic mass is 16.6. The Kier molecular flexibility index (Phi) is 13.9. The smallest absolute Gasteiger partial charge is 0.413 e. The fourth-order valence-corrected chi connectivity index (χ4v) is 5.06. The number of hydrogen-bond donors (Lipinski definition) is 6. The molecule has 12 nitrogen and oxygen atoms in total. The van der Waals surface area contributed by atoms with Crippen molar-refractivity contribution in [3.05, 3.63) is 137 Å². The van der Waals surface area contributed by atoms with Crippen molar-refractivity contribution in [1.82, 2.24) is 21.3 Å². The third-order valence-corrected chi connectivity index (χ3v) is 7.73. The van der Waals surface area contributed by atoms with E-state index in [9.17, 15) is 24.3 Å². The summed E-state index contributed by atoms with van der Waals surface area (Å²) in [6, 6.07) is 29.7. The van der Waals surface area contributed by atoms with E-state index in [2.05, 4.69) is 21.3 Å². The van der Waals surface area contributed by atoms with E-state index in [-0.39, 0.29) is 37.6 Å². The molecular formula is C40H45N5O7. The summed E-state index contributed by atoms with van der Waals surface area (Å²) in [5.74, 6) is -1.11. The number of nitrogens with one attached hydrogen (secondary N) is 5. The van der Waals surface area contributed by atoms with E-state index < -0.39 is 41.7 Å². The number of phenolic OH excluding ortho intramolecular Hbond substituents is 1. The van der Waals surface area contributed by atoms with Gasteiger partial charge in [0.25, 0.3) is 0 Å². The summed E-state index contributed by atoms with van der Waals surface area (Å²) in [7, 11) is 0. The van der Waals surface area contributed by atoms with Gasteiger partial charge in [0, 0.05) is 18.5 Å². The molecule has 12 heteroatoms. The van der Waals surface area contributed by atoms with Gasteiger partial charge in [0.05, 0.1) is 0 Å². The van der Waals surface area contributed by atoms with Crippen molar-refractivity contribution in [3.63, 3.8) is 0 Å². The first-order chi connectivity index (χ1) is 24.8. The lowest BCUT2D eigenvalue weighted by Gasteiger charge is -2.25. The lowest BCUT2D eigenvalue weighted by atomic mass is 10.0. The van der Waals surface area contributed by atoms with Crippen LogP contribution in [0.15, 0.2) is 109 Å². The van der Waals surface area contributed by atoms with E-state index in [1.165, 1.54) is 12.1 Å². The molecule has 0 heterocycles. The maximum absolute atomic E-state index is 13.7. The SMILES string of the molecule is CC(C)(C)OC(=O)N[C@H](CCc1ccccc1)C(=O)N[C@@H](Cc1ccc(O)cc1)C(=O)NCc1ccc(C(=N)NC(=O)OCc2ccccc2)cc1. The molecule has 0 saturated heterocycles. The molecule has 0 aliphatic carbocycles. The first-order valence-corrected chi connectivity index (χ1v) is 16.9. The molecule has 0 radical (unpaired) electrons. The highest BCUT2D eigenvalue weighted by molar-refractivity contribution is 6.04. The molecule has 0 bridgehead atoms. The summed E-state index contributed by atoms with van der Waals surface area (Å²) < 4.78 is 10.6. The summed E-state index contributed by atoms with van der Waals surface area (Å²) in [6.45, 7) is 5.35. The Bertz CT molecular complexity index is 1790. The van der Waals surface area contributed by atoms with Crippen LogP contribution in [0.4, 0.5) is 9.59 Å². The molecule has 4 rings (SSSR count). The van der Waals surface area contributed by atoms with E-state index in [0.29, 0.717) is 23.1 Å². The largest absolute Gasteiger partial charge is 0.508 e. The molecule has 4 amide bonds. The summed E-state index contributed by atoms with van der Waals surface area (Å²) in [4.78, 5) is 52.3. The van der Waals surface area contributed by atoms with Gasteiger partial charge < -0.3 is 30.5 Å². The number of hydrogen-bond acceptors (Lipinski definition) is 8. The first-order valence-electron chi connectivity index (χ1n) is 16.9. The number of amides is 4. The van der Waals surface area contributed by atoms with Crippen molar-refractivity contribution in [2.45, 2.75) is 70.9 Å². The zero-order chi connectivity index (χ0) is 37.5. The van der Waals surface area contributed by atoms with Gasteiger partial charge >= 0.3 is 12.2 Å². The van der Waals surface area contributed by atoms with Crippen LogP contribution in [0.25, 0.3) is 0 Å². The van der Waals surface area contributed by atoms with Crippen LogP contribution in [0.3, 0.4) is 0 Å². The predicted octanol–water partition coefficient (Wildman–Crippen LogP) is 5.51. The molecule has 4 aromatic rings. The quantitative estimate of drug-likeness (QED) is 0.0739. The van der Waals surface area contributed by atoms with E-state index in [4.69, 9.17) is 14.9 Å². The van der Waals surface area contributed by atoms with Crippen LogP contribution in [0.5, 0.6) is 5.75 Å². The number of amidine groups is 1. The summed E-state index contributed by atoms with van der Waals surface area (Å²) in [5, 5.41) is 28.8. The average molecular weight is 708 g/mol. The number of aryl methyl sites for hydroxylation is 1. The van der Waals surface area contributed by atoms with Crippen LogP contribution in [0, 0.1) is 5.41 Å². The van der Waals surface area contributed by atoms with Crippen molar-refractivity contribution in [2.24, 2.45) is 0 Å². The topological polar surface area (TPSA) is 179 Å². The Morgan fingerprint density at radius 1 is 0.692 bits per heavy atom. The van der Waals surface area contributed by atoms with Crippen LogP contribution in [-0.2, 0) is 45.1 Å². The number of phenols is 1. The Balaban J connectivity index is 1.40. The van der Waals surface area contributed by atoms with Crippen molar-refractivity contribution < 1.29 is 33.8 Å². The second kappa shape index (κ2) is 18.7. The van der Waals surface area contributed by atoms with Gasteiger partial charge in [-0.1, -0.05) is 97.1 Å². The molecule has 2 atom stereocenters. The summed E-state index contributed by atoms with van der Waals surface area (Å²) >= 11 is 0. The summed E-state index contributed by atoms with van der Waals surface area (Å²) in [6.07, 6.45) is -0.658. The molecule has 0 aliphatic rings. The molecule has 0 spiro atoms. The average Bonchev–Trinajstić information content (AvgIpc) is 3.12. The fourth-order valence-electron chi connectivity index (χ4n) is 5.06. The minimum atomic E-state index is -1.03. The third-order valence-electron chi connectivity index (χ3n) is 7.73. The number of alkyl carbamates (subject to hydrolysis) is 2. The van der Waals surface area contributed by atoms with Gasteiger partial charge in [-0.3, -0.25) is 20.3 Å². The van der Waals surface area contributed by atoms with E-state index in [1.54, 1.807) is 57.2 Å². The van der Waals surface area contributed by atoms with Crippen LogP contribution in [0.1, 0.15) is 55.0 Å².